The normalized spacial score (nSPS) is 18.1. The summed E-state index contributed by atoms with van der Waals surface area (Å²) in [5.41, 5.74) is 0. The summed E-state index contributed by atoms with van der Waals surface area (Å²) in [5.74, 6) is 0.897. The molecular formula is C12H22N2O. The first-order chi connectivity index (χ1) is 7.36. The summed E-state index contributed by atoms with van der Waals surface area (Å²) < 4.78 is 5.51. The lowest BCUT2D eigenvalue weighted by Gasteiger charge is -2.25. The van der Waals surface area contributed by atoms with Crippen LogP contribution in [-0.2, 0) is 4.74 Å². The van der Waals surface area contributed by atoms with Gasteiger partial charge >= 0.3 is 0 Å². The molecule has 0 heterocycles. The maximum atomic E-state index is 8.83. The van der Waals surface area contributed by atoms with E-state index in [0.717, 1.165) is 25.5 Å². The fraction of sp³-hybridized carbons (Fsp3) is 0.917. The van der Waals surface area contributed by atoms with Gasteiger partial charge in [-0.15, -0.1) is 0 Å². The third-order valence-corrected chi connectivity index (χ3v) is 2.98. The predicted molar refractivity (Wildman–Crippen MR) is 60.5 cm³/mol. The maximum Gasteiger partial charge on any atom is 0.119 e. The zero-order valence-corrected chi connectivity index (χ0v) is 9.67. The maximum absolute atomic E-state index is 8.83. The molecule has 1 unspecified atom stereocenters. The van der Waals surface area contributed by atoms with E-state index in [1.165, 1.54) is 25.7 Å². The lowest BCUT2D eigenvalue weighted by atomic mass is 9.83. The van der Waals surface area contributed by atoms with Crippen molar-refractivity contribution >= 4 is 0 Å². The van der Waals surface area contributed by atoms with E-state index in [9.17, 15) is 0 Å². The van der Waals surface area contributed by atoms with Gasteiger partial charge in [-0.1, -0.05) is 26.2 Å². The zero-order chi connectivity index (χ0) is 10.9. The van der Waals surface area contributed by atoms with Crippen LogP contribution < -0.4 is 5.32 Å². The van der Waals surface area contributed by atoms with Crippen molar-refractivity contribution in [2.75, 3.05) is 19.8 Å². The van der Waals surface area contributed by atoms with Gasteiger partial charge in [0, 0.05) is 6.61 Å². The monoisotopic (exact) mass is 210 g/mol. The van der Waals surface area contributed by atoms with Crippen molar-refractivity contribution in [2.45, 2.75) is 45.1 Å². The number of rotatable bonds is 8. The Balaban J connectivity index is 1.94. The van der Waals surface area contributed by atoms with E-state index in [4.69, 9.17) is 10.00 Å². The Bertz CT molecular complexity index is 196. The van der Waals surface area contributed by atoms with Crippen molar-refractivity contribution in [2.24, 2.45) is 5.92 Å². The molecule has 86 valence electrons. The highest BCUT2D eigenvalue weighted by Crippen LogP contribution is 2.28. The Morgan fingerprint density at radius 1 is 1.53 bits per heavy atom. The first kappa shape index (κ1) is 12.5. The third kappa shape index (κ3) is 5.15. The summed E-state index contributed by atoms with van der Waals surface area (Å²) in [6.07, 6.45) is 6.37. The fourth-order valence-electron chi connectivity index (χ4n) is 1.69. The smallest absolute Gasteiger partial charge is 0.119 e. The van der Waals surface area contributed by atoms with Crippen molar-refractivity contribution in [3.05, 3.63) is 0 Å². The van der Waals surface area contributed by atoms with Gasteiger partial charge in [0.05, 0.1) is 12.7 Å². The minimum Gasteiger partial charge on any atom is -0.379 e. The molecule has 0 aromatic rings. The van der Waals surface area contributed by atoms with E-state index in [1.807, 2.05) is 0 Å². The Kier molecular flexibility index (Phi) is 6.38. The van der Waals surface area contributed by atoms with Gasteiger partial charge in [-0.05, 0) is 25.3 Å². The van der Waals surface area contributed by atoms with Crippen LogP contribution in [0.4, 0.5) is 0 Å². The average Bonchev–Trinajstić information content (AvgIpc) is 2.19. The highest BCUT2D eigenvalue weighted by molar-refractivity contribution is 4.89. The van der Waals surface area contributed by atoms with Gasteiger partial charge in [-0.2, -0.15) is 5.26 Å². The number of ether oxygens (including phenoxy) is 1. The van der Waals surface area contributed by atoms with E-state index in [-0.39, 0.29) is 6.04 Å². The van der Waals surface area contributed by atoms with Crippen LogP contribution >= 0.6 is 0 Å². The summed E-state index contributed by atoms with van der Waals surface area (Å²) in [7, 11) is 0. The quantitative estimate of drug-likeness (QED) is 0.624. The SMILES string of the molecule is CCCNC(C#N)COCCC1CCC1. The fourth-order valence-corrected chi connectivity index (χ4v) is 1.69. The molecule has 1 aliphatic carbocycles. The van der Waals surface area contributed by atoms with E-state index < -0.39 is 0 Å². The van der Waals surface area contributed by atoms with Gasteiger partial charge < -0.3 is 10.1 Å². The molecule has 0 radical (unpaired) electrons. The lowest BCUT2D eigenvalue weighted by molar-refractivity contribution is 0.0982. The van der Waals surface area contributed by atoms with Crippen LogP contribution in [0.15, 0.2) is 0 Å². The largest absolute Gasteiger partial charge is 0.379 e. The van der Waals surface area contributed by atoms with E-state index in [2.05, 4.69) is 18.3 Å². The van der Waals surface area contributed by atoms with E-state index in [1.54, 1.807) is 0 Å². The van der Waals surface area contributed by atoms with Crippen molar-refractivity contribution in [3.63, 3.8) is 0 Å². The second-order valence-electron chi connectivity index (χ2n) is 4.30. The number of nitrogens with zero attached hydrogens (tertiary/aromatic N) is 1. The van der Waals surface area contributed by atoms with Crippen LogP contribution in [0.1, 0.15) is 39.0 Å². The second kappa shape index (κ2) is 7.67. The van der Waals surface area contributed by atoms with Gasteiger partial charge in [-0.25, -0.2) is 0 Å². The zero-order valence-electron chi connectivity index (χ0n) is 9.67. The topological polar surface area (TPSA) is 45.0 Å². The van der Waals surface area contributed by atoms with Gasteiger partial charge in [-0.3, -0.25) is 0 Å². The molecule has 1 N–H and O–H groups in total. The van der Waals surface area contributed by atoms with Crippen LogP contribution in [-0.4, -0.2) is 25.8 Å². The number of nitrogens with one attached hydrogen (secondary N) is 1. The molecule has 0 spiro atoms. The predicted octanol–water partition coefficient (Wildman–Crippen LogP) is 2.08. The van der Waals surface area contributed by atoms with Gasteiger partial charge in [0.25, 0.3) is 0 Å². The molecule has 15 heavy (non-hydrogen) atoms. The van der Waals surface area contributed by atoms with Crippen LogP contribution in [0.25, 0.3) is 0 Å². The Morgan fingerprint density at radius 2 is 2.33 bits per heavy atom. The Hall–Kier alpha value is -0.590. The molecule has 0 amide bonds. The molecule has 1 rings (SSSR count). The molecule has 1 fully saturated rings. The second-order valence-corrected chi connectivity index (χ2v) is 4.30. The Labute approximate surface area is 92.8 Å². The standard InChI is InChI=1S/C12H22N2O/c1-2-7-14-12(9-13)10-15-8-6-11-4-3-5-11/h11-12,14H,2-8,10H2,1H3. The summed E-state index contributed by atoms with van der Waals surface area (Å²) in [6, 6.07) is 2.08. The van der Waals surface area contributed by atoms with Crippen LogP contribution in [0, 0.1) is 17.2 Å². The van der Waals surface area contributed by atoms with Gasteiger partial charge in [0.2, 0.25) is 0 Å². The molecule has 3 heteroatoms. The van der Waals surface area contributed by atoms with Gasteiger partial charge in [0.15, 0.2) is 0 Å². The van der Waals surface area contributed by atoms with Crippen LogP contribution in [0.3, 0.4) is 0 Å². The van der Waals surface area contributed by atoms with Crippen LogP contribution in [0.5, 0.6) is 0 Å². The molecule has 3 nitrogen and oxygen atoms in total. The van der Waals surface area contributed by atoms with E-state index >= 15 is 0 Å². The molecule has 0 aromatic heterocycles. The number of hydrogen-bond acceptors (Lipinski definition) is 3. The van der Waals surface area contributed by atoms with Crippen molar-refractivity contribution < 1.29 is 4.74 Å². The van der Waals surface area contributed by atoms with E-state index in [0.29, 0.717) is 6.61 Å². The van der Waals surface area contributed by atoms with Crippen molar-refractivity contribution in [3.8, 4) is 6.07 Å². The number of nitriles is 1. The highest BCUT2D eigenvalue weighted by Gasteiger charge is 2.16. The first-order valence-corrected chi connectivity index (χ1v) is 6.07. The van der Waals surface area contributed by atoms with Gasteiger partial charge in [0.1, 0.15) is 6.04 Å². The summed E-state index contributed by atoms with van der Waals surface area (Å²) in [4.78, 5) is 0. The average molecular weight is 210 g/mol. The first-order valence-electron chi connectivity index (χ1n) is 6.07. The minimum atomic E-state index is -0.133. The van der Waals surface area contributed by atoms with Crippen LogP contribution in [0.2, 0.25) is 0 Å². The molecule has 1 aliphatic rings. The molecule has 0 bridgehead atoms. The Morgan fingerprint density at radius 3 is 2.87 bits per heavy atom. The third-order valence-electron chi connectivity index (χ3n) is 2.98. The molecule has 1 atom stereocenters. The summed E-state index contributed by atoms with van der Waals surface area (Å²) in [5, 5.41) is 12.0. The number of hydrogen-bond donors (Lipinski definition) is 1. The molecule has 0 saturated heterocycles. The lowest BCUT2D eigenvalue weighted by Crippen LogP contribution is -2.33. The summed E-state index contributed by atoms with van der Waals surface area (Å²) in [6.45, 7) is 4.34. The molecular weight excluding hydrogens is 188 g/mol. The van der Waals surface area contributed by atoms with Crippen molar-refractivity contribution in [1.29, 1.82) is 5.26 Å². The summed E-state index contributed by atoms with van der Waals surface area (Å²) >= 11 is 0. The molecule has 0 aromatic carbocycles. The highest BCUT2D eigenvalue weighted by atomic mass is 16.5. The minimum absolute atomic E-state index is 0.133. The molecule has 0 aliphatic heterocycles. The van der Waals surface area contributed by atoms with Crippen molar-refractivity contribution in [1.82, 2.24) is 5.32 Å². The molecule has 1 saturated carbocycles.